The van der Waals surface area contributed by atoms with Gasteiger partial charge in [0, 0.05) is 25.7 Å². The third-order valence-corrected chi connectivity index (χ3v) is 5.80. The monoisotopic (exact) mass is 354 g/mol. The first-order valence-electron chi connectivity index (χ1n) is 8.63. The molecule has 0 unspecified atom stereocenters. The van der Waals surface area contributed by atoms with Gasteiger partial charge in [0.25, 0.3) is 0 Å². The number of carbonyl (C=O) groups is 1. The Labute approximate surface area is 146 Å². The van der Waals surface area contributed by atoms with Crippen molar-refractivity contribution in [2.24, 2.45) is 5.92 Å². The molecule has 1 aromatic carbocycles. The van der Waals surface area contributed by atoms with Crippen LogP contribution in [0.5, 0.6) is 0 Å². The number of nitrogens with one attached hydrogen (secondary N) is 1. The highest BCUT2D eigenvalue weighted by Crippen LogP contribution is 2.32. The first-order valence-corrected chi connectivity index (χ1v) is 9.79. The molecular formula is C18H24F2N2OS. The summed E-state index contributed by atoms with van der Waals surface area (Å²) in [5.74, 6) is 1.06. The molecule has 1 amide bonds. The molecule has 1 aliphatic carbocycles. The summed E-state index contributed by atoms with van der Waals surface area (Å²) in [6.45, 7) is 2.34. The molecule has 1 heterocycles. The van der Waals surface area contributed by atoms with Crippen LogP contribution in [0.15, 0.2) is 18.2 Å². The lowest BCUT2D eigenvalue weighted by Crippen LogP contribution is -2.44. The number of carbonyl (C=O) groups excluding carboxylic acids is 1. The average Bonchev–Trinajstić information content (AvgIpc) is 3.37. The Balaban J connectivity index is 1.35. The lowest BCUT2D eigenvalue weighted by Gasteiger charge is -2.32. The lowest BCUT2D eigenvalue weighted by atomic mass is 10.0. The van der Waals surface area contributed by atoms with E-state index in [1.807, 2.05) is 0 Å². The van der Waals surface area contributed by atoms with Crippen molar-refractivity contribution in [3.8, 4) is 0 Å². The van der Waals surface area contributed by atoms with Crippen LogP contribution < -0.4 is 5.32 Å². The van der Waals surface area contributed by atoms with Gasteiger partial charge in [0.2, 0.25) is 5.91 Å². The minimum absolute atomic E-state index is 0.139. The summed E-state index contributed by atoms with van der Waals surface area (Å²) < 4.78 is 26.2. The van der Waals surface area contributed by atoms with Gasteiger partial charge in [0.1, 0.15) is 0 Å². The first-order chi connectivity index (χ1) is 11.6. The van der Waals surface area contributed by atoms with E-state index in [9.17, 15) is 13.6 Å². The molecule has 1 N–H and O–H groups in total. The zero-order valence-electron chi connectivity index (χ0n) is 13.8. The molecule has 2 fully saturated rings. The highest BCUT2D eigenvalue weighted by molar-refractivity contribution is 7.99. The predicted molar refractivity (Wildman–Crippen MR) is 92.8 cm³/mol. The minimum Gasteiger partial charge on any atom is -0.353 e. The summed E-state index contributed by atoms with van der Waals surface area (Å²) in [4.78, 5) is 14.2. The maximum absolute atomic E-state index is 13.3. The molecule has 0 radical (unpaired) electrons. The van der Waals surface area contributed by atoms with Gasteiger partial charge in [-0.1, -0.05) is 6.07 Å². The fraction of sp³-hybridized carbons (Fsp3) is 0.611. The van der Waals surface area contributed by atoms with Crippen molar-refractivity contribution < 1.29 is 13.6 Å². The quantitative estimate of drug-likeness (QED) is 0.816. The van der Waals surface area contributed by atoms with Crippen LogP contribution in [0.25, 0.3) is 0 Å². The number of thioether (sulfide) groups is 1. The Morgan fingerprint density at radius 1 is 1.17 bits per heavy atom. The number of nitrogens with zero attached hydrogens (tertiary/aromatic N) is 1. The molecule has 2 aliphatic rings. The third kappa shape index (κ3) is 5.45. The molecule has 24 heavy (non-hydrogen) atoms. The van der Waals surface area contributed by atoms with E-state index < -0.39 is 11.6 Å². The molecule has 0 bridgehead atoms. The zero-order valence-corrected chi connectivity index (χ0v) is 14.6. The number of rotatable bonds is 7. The largest absolute Gasteiger partial charge is 0.353 e. The summed E-state index contributed by atoms with van der Waals surface area (Å²) in [5, 5.41) is 3.12. The van der Waals surface area contributed by atoms with Crippen molar-refractivity contribution >= 4 is 17.7 Å². The molecular weight excluding hydrogens is 330 g/mol. The van der Waals surface area contributed by atoms with E-state index in [-0.39, 0.29) is 11.9 Å². The van der Waals surface area contributed by atoms with Crippen LogP contribution in [-0.4, -0.2) is 41.4 Å². The molecule has 0 atom stereocenters. The summed E-state index contributed by atoms with van der Waals surface area (Å²) in [6.07, 6.45) is 4.46. The summed E-state index contributed by atoms with van der Waals surface area (Å²) in [6, 6.07) is 4.31. The molecule has 1 saturated carbocycles. The van der Waals surface area contributed by atoms with E-state index >= 15 is 0 Å². The Bertz CT molecular complexity index is 572. The van der Waals surface area contributed by atoms with Gasteiger partial charge in [0.05, 0.1) is 5.75 Å². The van der Waals surface area contributed by atoms with Gasteiger partial charge in [0.15, 0.2) is 11.6 Å². The van der Waals surface area contributed by atoms with Crippen LogP contribution in [0.3, 0.4) is 0 Å². The second-order valence-corrected chi connectivity index (χ2v) is 7.86. The number of hydrogen-bond acceptors (Lipinski definition) is 3. The molecule has 6 heteroatoms. The van der Waals surface area contributed by atoms with Gasteiger partial charge >= 0.3 is 0 Å². The fourth-order valence-corrected chi connectivity index (χ4v) is 4.06. The van der Waals surface area contributed by atoms with E-state index in [1.54, 1.807) is 17.8 Å². The first kappa shape index (κ1) is 17.7. The van der Waals surface area contributed by atoms with E-state index in [0.717, 1.165) is 43.2 Å². The summed E-state index contributed by atoms with van der Waals surface area (Å²) in [7, 11) is 0. The summed E-state index contributed by atoms with van der Waals surface area (Å²) in [5.41, 5.74) is 0.785. The van der Waals surface area contributed by atoms with Crippen LogP contribution in [0, 0.1) is 17.6 Å². The van der Waals surface area contributed by atoms with Crippen molar-refractivity contribution in [1.82, 2.24) is 10.2 Å². The Kier molecular flexibility index (Phi) is 6.11. The standard InChI is InChI=1S/C18H24F2N2OS/c19-16-4-3-14(9-17(16)20)10-22-7-5-15(6-8-22)21-18(23)12-24-11-13-1-2-13/h3-4,9,13,15H,1-2,5-8,10-12H2,(H,21,23). The van der Waals surface area contributed by atoms with E-state index in [0.29, 0.717) is 12.3 Å². The molecule has 132 valence electrons. The van der Waals surface area contributed by atoms with Crippen LogP contribution in [0.4, 0.5) is 8.78 Å². The molecule has 1 saturated heterocycles. The molecule has 0 aromatic heterocycles. The summed E-state index contributed by atoms with van der Waals surface area (Å²) >= 11 is 1.74. The maximum atomic E-state index is 13.3. The lowest BCUT2D eigenvalue weighted by molar-refractivity contribution is -0.119. The molecule has 1 aliphatic heterocycles. The molecule has 3 nitrogen and oxygen atoms in total. The number of likely N-dealkylation sites (tertiary alicyclic amines) is 1. The highest BCUT2D eigenvalue weighted by Gasteiger charge is 2.23. The van der Waals surface area contributed by atoms with Crippen molar-refractivity contribution in [1.29, 1.82) is 0 Å². The minimum atomic E-state index is -0.806. The van der Waals surface area contributed by atoms with Gasteiger partial charge < -0.3 is 5.32 Å². The number of piperidine rings is 1. The van der Waals surface area contributed by atoms with Gasteiger partial charge in [-0.15, -0.1) is 0 Å². The Hall–Kier alpha value is -1.14. The van der Waals surface area contributed by atoms with Gasteiger partial charge in [-0.2, -0.15) is 11.8 Å². The molecule has 1 aromatic rings. The number of halogens is 2. The Morgan fingerprint density at radius 2 is 1.92 bits per heavy atom. The van der Waals surface area contributed by atoms with Crippen LogP contribution in [0.2, 0.25) is 0 Å². The highest BCUT2D eigenvalue weighted by atomic mass is 32.2. The van der Waals surface area contributed by atoms with Crippen LogP contribution >= 0.6 is 11.8 Å². The third-order valence-electron chi connectivity index (χ3n) is 4.63. The zero-order chi connectivity index (χ0) is 16.9. The van der Waals surface area contributed by atoms with E-state index in [4.69, 9.17) is 0 Å². The predicted octanol–water partition coefficient (Wildman–Crippen LogP) is 3.19. The maximum Gasteiger partial charge on any atom is 0.230 e. The van der Waals surface area contributed by atoms with E-state index in [2.05, 4.69) is 10.2 Å². The second kappa shape index (κ2) is 8.30. The van der Waals surface area contributed by atoms with Gasteiger partial charge in [-0.05, 0) is 55.1 Å². The van der Waals surface area contributed by atoms with E-state index in [1.165, 1.54) is 25.0 Å². The number of benzene rings is 1. The van der Waals surface area contributed by atoms with Crippen molar-refractivity contribution in [2.75, 3.05) is 24.6 Å². The van der Waals surface area contributed by atoms with Crippen LogP contribution in [-0.2, 0) is 11.3 Å². The van der Waals surface area contributed by atoms with Gasteiger partial charge in [-0.25, -0.2) is 8.78 Å². The average molecular weight is 354 g/mol. The number of hydrogen-bond donors (Lipinski definition) is 1. The van der Waals surface area contributed by atoms with Gasteiger partial charge in [-0.3, -0.25) is 9.69 Å². The van der Waals surface area contributed by atoms with Crippen molar-refractivity contribution in [2.45, 2.75) is 38.3 Å². The smallest absolute Gasteiger partial charge is 0.230 e. The molecule has 0 spiro atoms. The number of amides is 1. The fourth-order valence-electron chi connectivity index (χ4n) is 3.00. The normalized spacial score (nSPS) is 19.4. The topological polar surface area (TPSA) is 32.3 Å². The van der Waals surface area contributed by atoms with Crippen molar-refractivity contribution in [3.63, 3.8) is 0 Å². The second-order valence-electron chi connectivity index (χ2n) is 6.82. The SMILES string of the molecule is O=C(CSCC1CC1)NC1CCN(Cc2ccc(F)c(F)c2)CC1. The van der Waals surface area contributed by atoms with Crippen molar-refractivity contribution in [3.05, 3.63) is 35.4 Å². The van der Waals surface area contributed by atoms with Crippen LogP contribution in [0.1, 0.15) is 31.2 Å². The molecule has 3 rings (SSSR count). The Morgan fingerprint density at radius 3 is 2.58 bits per heavy atom.